The van der Waals surface area contributed by atoms with E-state index in [2.05, 4.69) is 0 Å². The third-order valence-corrected chi connectivity index (χ3v) is 3.25. The summed E-state index contributed by atoms with van der Waals surface area (Å²) in [6.45, 7) is 5.17. The molecule has 22 heavy (non-hydrogen) atoms. The van der Waals surface area contributed by atoms with E-state index in [1.165, 1.54) is 6.08 Å². The molecule has 0 spiro atoms. The molecule has 0 radical (unpaired) electrons. The highest BCUT2D eigenvalue weighted by Crippen LogP contribution is 2.07. The van der Waals surface area contributed by atoms with Crippen LogP contribution in [-0.2, 0) is 20.9 Å². The molecule has 4 heteroatoms. The molecule has 0 aliphatic rings. The Kier molecular flexibility index (Phi) is 8.65. The van der Waals surface area contributed by atoms with Gasteiger partial charge < -0.3 is 9.64 Å². The van der Waals surface area contributed by atoms with E-state index in [9.17, 15) is 9.59 Å². The van der Waals surface area contributed by atoms with Crippen molar-refractivity contribution in [3.8, 4) is 0 Å². The van der Waals surface area contributed by atoms with Gasteiger partial charge in [0.25, 0.3) is 0 Å². The predicted octanol–water partition coefficient (Wildman–Crippen LogP) is 3.32. The average Bonchev–Trinajstić information content (AvgIpc) is 2.50. The topological polar surface area (TPSA) is 46.6 Å². The second kappa shape index (κ2) is 10.6. The lowest BCUT2D eigenvalue weighted by molar-refractivity contribution is -0.137. The third-order valence-electron chi connectivity index (χ3n) is 3.25. The molecule has 0 heterocycles. The molecule has 0 atom stereocenters. The Morgan fingerprint density at radius 3 is 2.55 bits per heavy atom. The van der Waals surface area contributed by atoms with Gasteiger partial charge in [-0.3, -0.25) is 4.79 Å². The SMILES string of the molecule is CCOC(=O)/C=C/CCCCN(Cc1ccccc1)C(C)=O. The number of hydrogen-bond acceptors (Lipinski definition) is 3. The minimum atomic E-state index is -0.294. The lowest BCUT2D eigenvalue weighted by Crippen LogP contribution is -2.29. The zero-order valence-corrected chi connectivity index (χ0v) is 13.5. The molecule has 1 aromatic carbocycles. The standard InChI is InChI=1S/C18H25NO3/c1-3-22-18(21)13-9-4-5-10-14-19(16(2)20)15-17-11-7-6-8-12-17/h6-9,11-13H,3-5,10,14-15H2,1-2H3/b13-9+. The highest BCUT2D eigenvalue weighted by Gasteiger charge is 2.08. The van der Waals surface area contributed by atoms with Crippen molar-refractivity contribution in [1.29, 1.82) is 0 Å². The second-order valence-electron chi connectivity index (χ2n) is 5.08. The summed E-state index contributed by atoms with van der Waals surface area (Å²) in [6.07, 6.45) is 5.97. The Labute approximate surface area is 132 Å². The Hall–Kier alpha value is -2.10. The fourth-order valence-corrected chi connectivity index (χ4v) is 2.09. The molecule has 0 aromatic heterocycles. The van der Waals surface area contributed by atoms with Gasteiger partial charge in [0, 0.05) is 26.1 Å². The molecule has 1 aromatic rings. The molecule has 1 rings (SSSR count). The van der Waals surface area contributed by atoms with Crippen LogP contribution in [0.1, 0.15) is 38.7 Å². The zero-order valence-electron chi connectivity index (χ0n) is 13.5. The summed E-state index contributed by atoms with van der Waals surface area (Å²) in [5, 5.41) is 0. The number of rotatable bonds is 9. The van der Waals surface area contributed by atoms with Gasteiger partial charge in [-0.2, -0.15) is 0 Å². The van der Waals surface area contributed by atoms with Gasteiger partial charge in [-0.1, -0.05) is 36.4 Å². The zero-order chi connectivity index (χ0) is 16.2. The molecular formula is C18H25NO3. The number of carbonyl (C=O) groups is 2. The Morgan fingerprint density at radius 1 is 1.18 bits per heavy atom. The fourth-order valence-electron chi connectivity index (χ4n) is 2.09. The molecule has 0 N–H and O–H groups in total. The number of esters is 1. The smallest absolute Gasteiger partial charge is 0.330 e. The molecule has 1 amide bonds. The monoisotopic (exact) mass is 303 g/mol. The summed E-state index contributed by atoms with van der Waals surface area (Å²) in [7, 11) is 0. The van der Waals surface area contributed by atoms with Crippen LogP contribution in [0.2, 0.25) is 0 Å². The van der Waals surface area contributed by atoms with Crippen LogP contribution in [-0.4, -0.2) is 29.9 Å². The molecule has 0 unspecified atom stereocenters. The molecule has 0 bridgehead atoms. The van der Waals surface area contributed by atoms with Gasteiger partial charge in [0.15, 0.2) is 0 Å². The predicted molar refractivity (Wildman–Crippen MR) is 87.2 cm³/mol. The minimum absolute atomic E-state index is 0.0888. The largest absolute Gasteiger partial charge is 0.463 e. The number of amides is 1. The van der Waals surface area contributed by atoms with Gasteiger partial charge in [-0.05, 0) is 31.7 Å². The van der Waals surface area contributed by atoms with Gasteiger partial charge >= 0.3 is 5.97 Å². The summed E-state index contributed by atoms with van der Waals surface area (Å²) in [5.74, 6) is -0.206. The summed E-state index contributed by atoms with van der Waals surface area (Å²) >= 11 is 0. The van der Waals surface area contributed by atoms with Crippen molar-refractivity contribution in [2.75, 3.05) is 13.2 Å². The van der Waals surface area contributed by atoms with Gasteiger partial charge in [-0.25, -0.2) is 4.79 Å². The average molecular weight is 303 g/mol. The van der Waals surface area contributed by atoms with Crippen LogP contribution in [0.4, 0.5) is 0 Å². The number of nitrogens with zero attached hydrogens (tertiary/aromatic N) is 1. The molecule has 0 saturated carbocycles. The summed E-state index contributed by atoms with van der Waals surface area (Å²) in [6, 6.07) is 9.98. The van der Waals surface area contributed by atoms with Gasteiger partial charge in [-0.15, -0.1) is 0 Å². The van der Waals surface area contributed by atoms with Crippen LogP contribution in [0.15, 0.2) is 42.5 Å². The Balaban J connectivity index is 2.28. The van der Waals surface area contributed by atoms with Crippen LogP contribution in [0.3, 0.4) is 0 Å². The van der Waals surface area contributed by atoms with E-state index in [0.717, 1.165) is 31.4 Å². The number of hydrogen-bond donors (Lipinski definition) is 0. The Bertz CT molecular complexity index is 482. The normalized spacial score (nSPS) is 10.6. The Morgan fingerprint density at radius 2 is 1.91 bits per heavy atom. The molecule has 0 saturated heterocycles. The lowest BCUT2D eigenvalue weighted by atomic mass is 10.2. The van der Waals surface area contributed by atoms with Crippen molar-refractivity contribution in [3.63, 3.8) is 0 Å². The first kappa shape index (κ1) is 18.0. The first-order valence-electron chi connectivity index (χ1n) is 7.76. The number of carbonyl (C=O) groups excluding carboxylic acids is 2. The molecule has 0 fully saturated rings. The molecule has 0 aliphatic heterocycles. The first-order chi connectivity index (χ1) is 10.6. The lowest BCUT2D eigenvalue weighted by Gasteiger charge is -2.21. The van der Waals surface area contributed by atoms with Crippen LogP contribution < -0.4 is 0 Å². The number of allylic oxidation sites excluding steroid dienone is 1. The highest BCUT2D eigenvalue weighted by atomic mass is 16.5. The van der Waals surface area contributed by atoms with Crippen molar-refractivity contribution in [2.24, 2.45) is 0 Å². The number of benzene rings is 1. The van der Waals surface area contributed by atoms with Gasteiger partial charge in [0.2, 0.25) is 5.91 Å². The third kappa shape index (κ3) is 7.62. The van der Waals surface area contributed by atoms with E-state index in [-0.39, 0.29) is 11.9 Å². The molecule has 120 valence electrons. The molecule has 4 nitrogen and oxygen atoms in total. The quantitative estimate of drug-likeness (QED) is 0.399. The van der Waals surface area contributed by atoms with Crippen molar-refractivity contribution >= 4 is 11.9 Å². The van der Waals surface area contributed by atoms with Crippen molar-refractivity contribution in [2.45, 2.75) is 39.7 Å². The van der Waals surface area contributed by atoms with Crippen molar-refractivity contribution < 1.29 is 14.3 Å². The van der Waals surface area contributed by atoms with E-state index in [1.807, 2.05) is 41.3 Å². The minimum Gasteiger partial charge on any atom is -0.463 e. The van der Waals surface area contributed by atoms with E-state index in [1.54, 1.807) is 13.8 Å². The maximum absolute atomic E-state index is 11.7. The number of unbranched alkanes of at least 4 members (excludes halogenated alkanes) is 2. The van der Waals surface area contributed by atoms with E-state index < -0.39 is 0 Å². The maximum atomic E-state index is 11.7. The maximum Gasteiger partial charge on any atom is 0.330 e. The molecule has 0 aliphatic carbocycles. The summed E-state index contributed by atoms with van der Waals surface area (Å²) in [4.78, 5) is 24.6. The highest BCUT2D eigenvalue weighted by molar-refractivity contribution is 5.81. The van der Waals surface area contributed by atoms with Crippen LogP contribution in [0.25, 0.3) is 0 Å². The first-order valence-corrected chi connectivity index (χ1v) is 7.76. The number of ether oxygens (including phenoxy) is 1. The summed E-state index contributed by atoms with van der Waals surface area (Å²) in [5.41, 5.74) is 1.14. The second-order valence-corrected chi connectivity index (χ2v) is 5.08. The van der Waals surface area contributed by atoms with E-state index >= 15 is 0 Å². The van der Waals surface area contributed by atoms with Gasteiger partial charge in [0.1, 0.15) is 0 Å². The van der Waals surface area contributed by atoms with Crippen LogP contribution in [0, 0.1) is 0 Å². The molecular weight excluding hydrogens is 278 g/mol. The summed E-state index contributed by atoms with van der Waals surface area (Å²) < 4.78 is 4.81. The van der Waals surface area contributed by atoms with Crippen molar-refractivity contribution in [1.82, 2.24) is 4.90 Å². The van der Waals surface area contributed by atoms with E-state index in [0.29, 0.717) is 13.2 Å². The van der Waals surface area contributed by atoms with E-state index in [4.69, 9.17) is 4.74 Å². The fraction of sp³-hybridized carbons (Fsp3) is 0.444. The van der Waals surface area contributed by atoms with Crippen LogP contribution >= 0.6 is 0 Å². The van der Waals surface area contributed by atoms with Crippen LogP contribution in [0.5, 0.6) is 0 Å². The van der Waals surface area contributed by atoms with Crippen molar-refractivity contribution in [3.05, 3.63) is 48.0 Å². The van der Waals surface area contributed by atoms with Gasteiger partial charge in [0.05, 0.1) is 6.61 Å².